The van der Waals surface area contributed by atoms with Gasteiger partial charge in [-0.05, 0) is 42.8 Å². The summed E-state index contributed by atoms with van der Waals surface area (Å²) in [6, 6.07) is 13.9. The van der Waals surface area contributed by atoms with Gasteiger partial charge in [-0.2, -0.15) is 0 Å². The zero-order chi connectivity index (χ0) is 39.6. The third kappa shape index (κ3) is 23.8. The summed E-state index contributed by atoms with van der Waals surface area (Å²) in [4.78, 5) is 6.60. The van der Waals surface area contributed by atoms with Crippen molar-refractivity contribution in [1.29, 1.82) is 0 Å². The van der Waals surface area contributed by atoms with Gasteiger partial charge in [0, 0.05) is 38.5 Å². The Balaban J connectivity index is 0.995. The maximum absolute atomic E-state index is 5.90. The molecule has 3 rings (SSSR count). The molecule has 2 aromatic carbocycles. The molecule has 0 saturated carbocycles. The summed E-state index contributed by atoms with van der Waals surface area (Å²) in [7, 11) is 4.04. The van der Waals surface area contributed by atoms with E-state index in [1.54, 1.807) is 0 Å². The average Bonchev–Trinajstić information content (AvgIpc) is 3.62. The van der Waals surface area contributed by atoms with Crippen LogP contribution in [-0.2, 0) is 52.1 Å². The van der Waals surface area contributed by atoms with Crippen molar-refractivity contribution in [2.45, 2.75) is 6.92 Å². The maximum Gasteiger partial charge on any atom is 0.220 e. The summed E-state index contributed by atoms with van der Waals surface area (Å²) in [5.41, 5.74) is 3.66. The number of hydrogen-bond acceptors (Lipinski definition) is 15. The van der Waals surface area contributed by atoms with Crippen LogP contribution in [0.15, 0.2) is 46.9 Å². The van der Waals surface area contributed by atoms with E-state index < -0.39 is 0 Å². The largest absolute Gasteiger partial charge is 0.491 e. The first-order chi connectivity index (χ1) is 27.7. The molecule has 0 aliphatic carbocycles. The molecule has 0 aliphatic rings. The fraction of sp³-hybridized carbons (Fsp3) is 0.634. The van der Waals surface area contributed by atoms with Crippen LogP contribution in [0.2, 0.25) is 0 Å². The summed E-state index contributed by atoms with van der Waals surface area (Å²) in [6.07, 6.45) is 3.85. The zero-order valence-electron chi connectivity index (χ0n) is 33.7. The third-order valence-electron chi connectivity index (χ3n) is 7.62. The standard InChI is InChI=1S/C41H64N2O13/c1-4-44-13-14-45-15-16-46-17-18-47-19-20-48-21-22-49-23-24-50-25-26-51-27-28-52-29-30-53-31-32-54-33-34-55-38-10-11-39-40(35-38)56-41(42-39)12-7-36-5-8-37(9-6-36)43(2)3/h5-12,35H,4,13-34H2,1-3H3/b12-7+. The first-order valence-corrected chi connectivity index (χ1v) is 19.5. The molecular weight excluding hydrogens is 728 g/mol. The van der Waals surface area contributed by atoms with Crippen LogP contribution in [0.3, 0.4) is 0 Å². The van der Waals surface area contributed by atoms with Crippen LogP contribution in [0.4, 0.5) is 5.69 Å². The number of hydrogen-bond donors (Lipinski definition) is 0. The first kappa shape index (κ1) is 47.2. The quantitative estimate of drug-likeness (QED) is 0.0744. The lowest BCUT2D eigenvalue weighted by Gasteiger charge is -2.11. The number of aromatic nitrogens is 1. The van der Waals surface area contributed by atoms with Gasteiger partial charge < -0.3 is 66.2 Å². The van der Waals surface area contributed by atoms with Gasteiger partial charge in [0.2, 0.25) is 5.89 Å². The molecule has 15 nitrogen and oxygen atoms in total. The van der Waals surface area contributed by atoms with E-state index in [4.69, 9.17) is 61.3 Å². The van der Waals surface area contributed by atoms with Crippen LogP contribution < -0.4 is 9.64 Å². The molecule has 0 bridgehead atoms. The van der Waals surface area contributed by atoms with Crippen LogP contribution in [0.25, 0.3) is 23.3 Å². The van der Waals surface area contributed by atoms with Gasteiger partial charge >= 0.3 is 0 Å². The predicted molar refractivity (Wildman–Crippen MR) is 214 cm³/mol. The van der Waals surface area contributed by atoms with Crippen molar-refractivity contribution in [3.05, 3.63) is 53.9 Å². The van der Waals surface area contributed by atoms with Gasteiger partial charge in [0.25, 0.3) is 0 Å². The molecule has 0 aliphatic heterocycles. The summed E-state index contributed by atoms with van der Waals surface area (Å²) >= 11 is 0. The molecule has 15 heteroatoms. The number of oxazole rings is 1. The van der Waals surface area contributed by atoms with Gasteiger partial charge in [-0.1, -0.05) is 12.1 Å². The predicted octanol–water partition coefficient (Wildman–Crippen LogP) is 4.65. The molecule has 0 fully saturated rings. The summed E-state index contributed by atoms with van der Waals surface area (Å²) in [5, 5.41) is 0. The highest BCUT2D eigenvalue weighted by Gasteiger charge is 2.06. The number of fused-ring (bicyclic) bond motifs is 1. The molecule has 316 valence electrons. The molecule has 0 unspecified atom stereocenters. The van der Waals surface area contributed by atoms with Crippen LogP contribution >= 0.6 is 0 Å². The topological polar surface area (TPSA) is 140 Å². The molecule has 0 spiro atoms. The van der Waals surface area contributed by atoms with E-state index in [2.05, 4.69) is 34.1 Å². The smallest absolute Gasteiger partial charge is 0.220 e. The minimum absolute atomic E-state index is 0.413. The van der Waals surface area contributed by atoms with Crippen molar-refractivity contribution < 1.29 is 61.3 Å². The minimum Gasteiger partial charge on any atom is -0.491 e. The highest BCUT2D eigenvalue weighted by atomic mass is 16.6. The van der Waals surface area contributed by atoms with Crippen molar-refractivity contribution in [1.82, 2.24) is 4.98 Å². The van der Waals surface area contributed by atoms with Crippen molar-refractivity contribution in [2.24, 2.45) is 0 Å². The van der Waals surface area contributed by atoms with E-state index >= 15 is 0 Å². The zero-order valence-corrected chi connectivity index (χ0v) is 33.7. The SMILES string of the molecule is CCOCCOCCOCCOCCOCCOCCOCCOCCOCCOCCOCCOc1ccc2nc(/C=C/c3ccc(N(C)C)cc3)oc2c1. The van der Waals surface area contributed by atoms with Crippen molar-refractivity contribution >= 4 is 28.9 Å². The number of rotatable bonds is 38. The van der Waals surface area contributed by atoms with Gasteiger partial charge in [0.15, 0.2) is 5.58 Å². The van der Waals surface area contributed by atoms with Crippen molar-refractivity contribution in [3.63, 3.8) is 0 Å². The van der Waals surface area contributed by atoms with E-state index in [1.165, 1.54) is 0 Å². The van der Waals surface area contributed by atoms with Gasteiger partial charge in [0.05, 0.1) is 139 Å². The Kier molecular flexibility index (Phi) is 27.7. The Bertz CT molecular complexity index is 1370. The van der Waals surface area contributed by atoms with Gasteiger partial charge in [-0.15, -0.1) is 0 Å². The Labute approximate surface area is 332 Å². The number of benzene rings is 2. The Hall–Kier alpha value is -3.19. The highest BCUT2D eigenvalue weighted by Crippen LogP contribution is 2.23. The molecule has 0 radical (unpaired) electrons. The fourth-order valence-corrected chi connectivity index (χ4v) is 4.70. The second-order valence-electron chi connectivity index (χ2n) is 12.2. The summed E-state index contributed by atoms with van der Waals surface area (Å²) < 4.78 is 71.9. The molecular formula is C41H64N2O13. The monoisotopic (exact) mass is 792 g/mol. The Morgan fingerprint density at radius 2 is 0.875 bits per heavy atom. The summed E-state index contributed by atoms with van der Waals surface area (Å²) in [6.45, 7) is 13.9. The van der Waals surface area contributed by atoms with Gasteiger partial charge in [-0.25, -0.2) is 4.98 Å². The lowest BCUT2D eigenvalue weighted by atomic mass is 10.2. The fourth-order valence-electron chi connectivity index (χ4n) is 4.70. The molecule has 0 N–H and O–H groups in total. The second kappa shape index (κ2) is 32.8. The lowest BCUT2D eigenvalue weighted by molar-refractivity contribution is -0.0276. The molecule has 0 atom stereocenters. The van der Waals surface area contributed by atoms with Crippen LogP contribution in [0.5, 0.6) is 5.75 Å². The van der Waals surface area contributed by atoms with E-state index in [1.807, 2.05) is 51.4 Å². The highest BCUT2D eigenvalue weighted by molar-refractivity contribution is 5.77. The van der Waals surface area contributed by atoms with E-state index in [0.29, 0.717) is 169 Å². The maximum atomic E-state index is 5.90. The van der Waals surface area contributed by atoms with Gasteiger partial charge in [-0.3, -0.25) is 0 Å². The molecule has 56 heavy (non-hydrogen) atoms. The van der Waals surface area contributed by atoms with Crippen molar-refractivity contribution in [2.75, 3.05) is 171 Å². The van der Waals surface area contributed by atoms with E-state index in [-0.39, 0.29) is 0 Å². The number of anilines is 1. The third-order valence-corrected chi connectivity index (χ3v) is 7.62. The molecule has 1 aromatic heterocycles. The molecule has 3 aromatic rings. The van der Waals surface area contributed by atoms with Gasteiger partial charge in [0.1, 0.15) is 17.9 Å². The number of ether oxygens (including phenoxy) is 12. The molecule has 1 heterocycles. The Morgan fingerprint density at radius 1 is 0.482 bits per heavy atom. The van der Waals surface area contributed by atoms with Crippen molar-refractivity contribution in [3.8, 4) is 5.75 Å². The number of nitrogens with zero attached hydrogens (tertiary/aromatic N) is 2. The molecule has 0 saturated heterocycles. The van der Waals surface area contributed by atoms with E-state index in [0.717, 1.165) is 16.8 Å². The Morgan fingerprint density at radius 3 is 1.27 bits per heavy atom. The van der Waals surface area contributed by atoms with Crippen LogP contribution in [0.1, 0.15) is 18.4 Å². The first-order valence-electron chi connectivity index (χ1n) is 19.5. The summed E-state index contributed by atoms with van der Waals surface area (Å²) in [5.74, 6) is 1.24. The minimum atomic E-state index is 0.413. The second-order valence-corrected chi connectivity index (χ2v) is 12.2. The normalized spacial score (nSPS) is 11.7. The van der Waals surface area contributed by atoms with E-state index in [9.17, 15) is 0 Å². The van der Waals surface area contributed by atoms with Crippen LogP contribution in [-0.4, -0.2) is 171 Å². The van der Waals surface area contributed by atoms with Crippen LogP contribution in [0, 0.1) is 0 Å². The lowest BCUT2D eigenvalue weighted by Crippen LogP contribution is -2.15. The molecule has 0 amide bonds. The average molecular weight is 793 g/mol.